The highest BCUT2D eigenvalue weighted by atomic mass is 28.3. The van der Waals surface area contributed by atoms with E-state index < -0.39 is 8.07 Å². The number of nitrogens with zero attached hydrogens (tertiary/aromatic N) is 4. The predicted octanol–water partition coefficient (Wildman–Crippen LogP) is 5.32. The van der Waals surface area contributed by atoms with Crippen molar-refractivity contribution in [2.75, 3.05) is 13.2 Å². The molecule has 158 valence electrons. The van der Waals surface area contributed by atoms with Crippen molar-refractivity contribution in [3.8, 4) is 16.9 Å². The molecule has 0 aliphatic heterocycles. The molecule has 0 bridgehead atoms. The topological polar surface area (TPSA) is 54.1 Å². The number of ether oxygens (including phenoxy) is 2. The summed E-state index contributed by atoms with van der Waals surface area (Å²) in [4.78, 5) is 4.70. The van der Waals surface area contributed by atoms with E-state index in [9.17, 15) is 0 Å². The van der Waals surface area contributed by atoms with Crippen molar-refractivity contribution in [2.24, 2.45) is 7.05 Å². The molecule has 3 aromatic heterocycles. The van der Waals surface area contributed by atoms with Gasteiger partial charge >= 0.3 is 0 Å². The third-order valence-corrected chi connectivity index (χ3v) is 6.65. The molecular weight excluding hydrogens is 380 g/mol. The lowest BCUT2D eigenvalue weighted by atomic mass is 10.1. The van der Waals surface area contributed by atoms with Crippen LogP contribution < -0.4 is 4.74 Å². The van der Waals surface area contributed by atoms with Gasteiger partial charge in [0.2, 0.25) is 0 Å². The van der Waals surface area contributed by atoms with E-state index >= 15 is 0 Å². The Morgan fingerprint density at radius 2 is 1.90 bits per heavy atom. The minimum atomic E-state index is -1.10. The van der Waals surface area contributed by atoms with Gasteiger partial charge in [0, 0.05) is 50.6 Å². The van der Waals surface area contributed by atoms with E-state index in [1.54, 1.807) is 0 Å². The standard InChI is InChI=1S/C22H34N4O2Si/c1-6-7-8-9-28-19-12-20-21(18-13-24-25(2)15-18)16-26(22(20)23-14-19)17-27-10-11-29(3,4)5/h12-16H,6-11,17H2,1-5H3. The molecule has 0 radical (unpaired) electrons. The van der Waals surface area contributed by atoms with Crippen molar-refractivity contribution in [2.45, 2.75) is 58.6 Å². The van der Waals surface area contributed by atoms with Crippen molar-refractivity contribution in [1.29, 1.82) is 0 Å². The van der Waals surface area contributed by atoms with Gasteiger partial charge in [-0.3, -0.25) is 4.68 Å². The highest BCUT2D eigenvalue weighted by Crippen LogP contribution is 2.32. The number of unbranched alkanes of at least 4 members (excludes halogenated alkanes) is 2. The molecule has 0 aromatic carbocycles. The van der Waals surface area contributed by atoms with Crippen molar-refractivity contribution in [3.05, 3.63) is 30.9 Å². The molecule has 0 atom stereocenters. The summed E-state index contributed by atoms with van der Waals surface area (Å²) in [6.07, 6.45) is 11.3. The zero-order valence-corrected chi connectivity index (χ0v) is 19.4. The fourth-order valence-electron chi connectivity index (χ4n) is 3.20. The number of hydrogen-bond donors (Lipinski definition) is 0. The van der Waals surface area contributed by atoms with Crippen LogP contribution in [0, 0.1) is 0 Å². The van der Waals surface area contributed by atoms with Crippen LogP contribution in [-0.2, 0) is 18.5 Å². The summed E-state index contributed by atoms with van der Waals surface area (Å²) in [7, 11) is 0.836. The fourth-order valence-corrected chi connectivity index (χ4v) is 3.96. The summed E-state index contributed by atoms with van der Waals surface area (Å²) in [5, 5.41) is 5.40. The number of hydrogen-bond acceptors (Lipinski definition) is 4. The molecule has 0 N–H and O–H groups in total. The summed E-state index contributed by atoms with van der Waals surface area (Å²) in [6.45, 7) is 11.3. The van der Waals surface area contributed by atoms with E-state index in [0.717, 1.165) is 53.6 Å². The molecule has 0 aliphatic carbocycles. The zero-order chi connectivity index (χ0) is 20.9. The second kappa shape index (κ2) is 9.58. The zero-order valence-electron chi connectivity index (χ0n) is 18.4. The van der Waals surface area contributed by atoms with Crippen LogP contribution in [0.25, 0.3) is 22.2 Å². The minimum Gasteiger partial charge on any atom is -0.492 e. The molecule has 3 aromatic rings. The van der Waals surface area contributed by atoms with Crippen molar-refractivity contribution in [3.63, 3.8) is 0 Å². The quantitative estimate of drug-likeness (QED) is 0.315. The molecule has 3 rings (SSSR count). The molecule has 0 saturated carbocycles. The van der Waals surface area contributed by atoms with E-state index in [2.05, 4.69) is 48.5 Å². The Kier molecular flexibility index (Phi) is 7.13. The highest BCUT2D eigenvalue weighted by molar-refractivity contribution is 6.76. The summed E-state index contributed by atoms with van der Waals surface area (Å²) < 4.78 is 15.8. The van der Waals surface area contributed by atoms with Crippen LogP contribution in [0.4, 0.5) is 0 Å². The minimum absolute atomic E-state index is 0.505. The van der Waals surface area contributed by atoms with Gasteiger partial charge < -0.3 is 14.0 Å². The maximum absolute atomic E-state index is 5.99. The van der Waals surface area contributed by atoms with Gasteiger partial charge in [0.25, 0.3) is 0 Å². The van der Waals surface area contributed by atoms with Crippen LogP contribution in [0.1, 0.15) is 26.2 Å². The summed E-state index contributed by atoms with van der Waals surface area (Å²) in [5.41, 5.74) is 3.09. The predicted molar refractivity (Wildman–Crippen MR) is 121 cm³/mol. The summed E-state index contributed by atoms with van der Waals surface area (Å²) in [5.74, 6) is 0.816. The average molecular weight is 415 g/mol. The molecular formula is C22H34N4O2Si. The largest absolute Gasteiger partial charge is 0.492 e. The maximum Gasteiger partial charge on any atom is 0.142 e. The molecule has 29 heavy (non-hydrogen) atoms. The SMILES string of the molecule is CCCCCOc1cnc2c(c1)c(-c1cnn(C)c1)cn2COCC[Si](C)(C)C. The number of aryl methyl sites for hydroxylation is 1. The van der Waals surface area contributed by atoms with Crippen molar-refractivity contribution in [1.82, 2.24) is 19.3 Å². The first-order valence-corrected chi connectivity index (χ1v) is 14.3. The lowest BCUT2D eigenvalue weighted by Crippen LogP contribution is -2.22. The second-order valence-electron chi connectivity index (χ2n) is 8.86. The molecule has 0 amide bonds. The lowest BCUT2D eigenvalue weighted by Gasteiger charge is -2.15. The molecule has 6 nitrogen and oxygen atoms in total. The van der Waals surface area contributed by atoms with Crippen LogP contribution in [0.5, 0.6) is 5.75 Å². The van der Waals surface area contributed by atoms with Crippen molar-refractivity contribution >= 4 is 19.1 Å². The Morgan fingerprint density at radius 1 is 1.07 bits per heavy atom. The van der Waals surface area contributed by atoms with Gasteiger partial charge in [0.15, 0.2) is 0 Å². The van der Waals surface area contributed by atoms with Gasteiger partial charge in [-0.05, 0) is 18.5 Å². The second-order valence-corrected chi connectivity index (χ2v) is 14.5. The Morgan fingerprint density at radius 3 is 2.59 bits per heavy atom. The number of fused-ring (bicyclic) bond motifs is 1. The maximum atomic E-state index is 5.99. The first-order chi connectivity index (χ1) is 13.9. The van der Waals surface area contributed by atoms with Gasteiger partial charge in [-0.1, -0.05) is 39.4 Å². The number of aromatic nitrogens is 4. The van der Waals surface area contributed by atoms with E-state index in [4.69, 9.17) is 14.5 Å². The third-order valence-electron chi connectivity index (χ3n) is 4.95. The Hall–Kier alpha value is -2.12. The molecule has 0 spiro atoms. The van der Waals surface area contributed by atoms with Gasteiger partial charge in [-0.2, -0.15) is 5.10 Å². The smallest absolute Gasteiger partial charge is 0.142 e. The third kappa shape index (κ3) is 5.93. The van der Waals surface area contributed by atoms with Crippen LogP contribution in [-0.4, -0.2) is 40.6 Å². The Bertz CT molecular complexity index is 927. The first kappa shape index (κ1) is 21.6. The molecule has 7 heteroatoms. The first-order valence-electron chi connectivity index (χ1n) is 10.6. The van der Waals surface area contributed by atoms with Gasteiger partial charge in [-0.15, -0.1) is 0 Å². The fraction of sp³-hybridized carbons (Fsp3) is 0.545. The van der Waals surface area contributed by atoms with Gasteiger partial charge in [0.05, 0.1) is 19.0 Å². The van der Waals surface area contributed by atoms with Crippen LogP contribution in [0.3, 0.4) is 0 Å². The number of rotatable bonds is 11. The normalized spacial score (nSPS) is 12.0. The molecule has 0 saturated heterocycles. The highest BCUT2D eigenvalue weighted by Gasteiger charge is 2.15. The number of pyridine rings is 1. The summed E-state index contributed by atoms with van der Waals surface area (Å²) >= 11 is 0. The Balaban J connectivity index is 1.83. The van der Waals surface area contributed by atoms with E-state index in [0.29, 0.717) is 6.73 Å². The summed E-state index contributed by atoms with van der Waals surface area (Å²) in [6, 6.07) is 3.25. The molecule has 0 unspecified atom stereocenters. The lowest BCUT2D eigenvalue weighted by molar-refractivity contribution is 0.0899. The molecule has 0 aliphatic rings. The van der Waals surface area contributed by atoms with E-state index in [1.165, 1.54) is 12.8 Å². The Labute approximate surface area is 174 Å². The monoisotopic (exact) mass is 414 g/mol. The van der Waals surface area contributed by atoms with Gasteiger partial charge in [-0.25, -0.2) is 4.98 Å². The molecule has 3 heterocycles. The van der Waals surface area contributed by atoms with Crippen LogP contribution in [0.2, 0.25) is 25.7 Å². The van der Waals surface area contributed by atoms with Crippen LogP contribution in [0.15, 0.2) is 30.9 Å². The van der Waals surface area contributed by atoms with E-state index in [1.807, 2.05) is 30.3 Å². The van der Waals surface area contributed by atoms with Gasteiger partial charge in [0.1, 0.15) is 18.1 Å². The molecule has 0 fully saturated rings. The average Bonchev–Trinajstić information content (AvgIpc) is 3.25. The van der Waals surface area contributed by atoms with Crippen molar-refractivity contribution < 1.29 is 9.47 Å². The van der Waals surface area contributed by atoms with Crippen LogP contribution >= 0.6 is 0 Å². The van der Waals surface area contributed by atoms with E-state index in [-0.39, 0.29) is 0 Å².